The second kappa shape index (κ2) is 9.62. The predicted molar refractivity (Wildman–Crippen MR) is 116 cm³/mol. The van der Waals surface area contributed by atoms with Crippen molar-refractivity contribution in [2.45, 2.75) is 60.3 Å². The SMILES string of the molecule is C=C(c1ccc(CC)cc1Cc1cc(C)ccc1C)N(CCC)CCC. The Labute approximate surface area is 160 Å². The first-order chi connectivity index (χ1) is 12.5. The molecule has 1 nitrogen and oxygen atoms in total. The zero-order valence-electron chi connectivity index (χ0n) is 17.4. The van der Waals surface area contributed by atoms with Gasteiger partial charge in [-0.3, -0.25) is 0 Å². The van der Waals surface area contributed by atoms with Crippen molar-refractivity contribution in [3.8, 4) is 0 Å². The van der Waals surface area contributed by atoms with Gasteiger partial charge < -0.3 is 4.90 Å². The maximum absolute atomic E-state index is 4.49. The summed E-state index contributed by atoms with van der Waals surface area (Å²) < 4.78 is 0. The number of benzene rings is 2. The summed E-state index contributed by atoms with van der Waals surface area (Å²) >= 11 is 0. The Balaban J connectivity index is 2.43. The molecule has 0 unspecified atom stereocenters. The van der Waals surface area contributed by atoms with E-state index in [1.165, 1.54) is 39.1 Å². The molecule has 2 aromatic carbocycles. The lowest BCUT2D eigenvalue weighted by atomic mass is 9.92. The van der Waals surface area contributed by atoms with Gasteiger partial charge in [0.25, 0.3) is 0 Å². The van der Waals surface area contributed by atoms with Gasteiger partial charge in [-0.25, -0.2) is 0 Å². The van der Waals surface area contributed by atoms with Crippen molar-refractivity contribution >= 4 is 5.70 Å². The molecule has 0 spiro atoms. The molecule has 0 amide bonds. The Morgan fingerprint density at radius 2 is 1.58 bits per heavy atom. The average molecular weight is 350 g/mol. The van der Waals surface area contributed by atoms with E-state index in [1.54, 1.807) is 0 Å². The lowest BCUT2D eigenvalue weighted by molar-refractivity contribution is 0.396. The minimum atomic E-state index is 0.974. The third kappa shape index (κ3) is 5.00. The fourth-order valence-electron chi connectivity index (χ4n) is 3.58. The van der Waals surface area contributed by atoms with Crippen LogP contribution in [0.5, 0.6) is 0 Å². The largest absolute Gasteiger partial charge is 0.372 e. The van der Waals surface area contributed by atoms with Crippen molar-refractivity contribution in [3.63, 3.8) is 0 Å². The second-order valence-corrected chi connectivity index (χ2v) is 7.39. The van der Waals surface area contributed by atoms with Gasteiger partial charge in [0.15, 0.2) is 0 Å². The van der Waals surface area contributed by atoms with E-state index in [9.17, 15) is 0 Å². The van der Waals surface area contributed by atoms with Crippen molar-refractivity contribution in [2.75, 3.05) is 13.1 Å². The quantitative estimate of drug-likeness (QED) is 0.496. The summed E-state index contributed by atoms with van der Waals surface area (Å²) in [6.45, 7) is 17.7. The van der Waals surface area contributed by atoms with Crippen molar-refractivity contribution in [2.24, 2.45) is 0 Å². The molecule has 0 saturated heterocycles. The Bertz CT molecular complexity index is 736. The van der Waals surface area contributed by atoms with E-state index in [0.717, 1.165) is 38.8 Å². The normalized spacial score (nSPS) is 10.8. The molecule has 2 aromatic rings. The first-order valence-electron chi connectivity index (χ1n) is 10.1. The van der Waals surface area contributed by atoms with E-state index < -0.39 is 0 Å². The van der Waals surface area contributed by atoms with Gasteiger partial charge in [-0.15, -0.1) is 0 Å². The number of aryl methyl sites for hydroxylation is 3. The minimum absolute atomic E-state index is 0.974. The van der Waals surface area contributed by atoms with Gasteiger partial charge in [0.05, 0.1) is 0 Å². The van der Waals surface area contributed by atoms with Crippen molar-refractivity contribution in [1.29, 1.82) is 0 Å². The molecular weight excluding hydrogens is 314 g/mol. The van der Waals surface area contributed by atoms with Crippen molar-refractivity contribution in [1.82, 2.24) is 4.90 Å². The standard InChI is InChI=1S/C25H35N/c1-7-14-26(15-8-2)21(6)25-13-12-22(9-3)17-24(25)18-23-16-19(4)10-11-20(23)5/h10-13,16-17H,6-9,14-15,18H2,1-5H3. The van der Waals surface area contributed by atoms with Crippen molar-refractivity contribution < 1.29 is 0 Å². The summed E-state index contributed by atoms with van der Waals surface area (Å²) in [5, 5.41) is 0. The van der Waals surface area contributed by atoms with Crippen LogP contribution in [-0.2, 0) is 12.8 Å². The Hall–Kier alpha value is -2.02. The van der Waals surface area contributed by atoms with Gasteiger partial charge in [-0.2, -0.15) is 0 Å². The number of hydrogen-bond acceptors (Lipinski definition) is 1. The first-order valence-corrected chi connectivity index (χ1v) is 10.1. The number of nitrogens with zero attached hydrogens (tertiary/aromatic N) is 1. The van der Waals surface area contributed by atoms with Crippen LogP contribution in [0.3, 0.4) is 0 Å². The summed E-state index contributed by atoms with van der Waals surface area (Å²) in [4.78, 5) is 2.45. The van der Waals surface area contributed by atoms with E-state index in [4.69, 9.17) is 0 Å². The lowest BCUT2D eigenvalue weighted by Gasteiger charge is -2.28. The van der Waals surface area contributed by atoms with Gasteiger partial charge in [-0.05, 0) is 61.8 Å². The highest BCUT2D eigenvalue weighted by atomic mass is 15.1. The van der Waals surface area contributed by atoms with E-state index in [-0.39, 0.29) is 0 Å². The van der Waals surface area contributed by atoms with Crippen molar-refractivity contribution in [3.05, 3.63) is 76.4 Å². The van der Waals surface area contributed by atoms with E-state index in [1.807, 2.05) is 0 Å². The van der Waals surface area contributed by atoms with Crippen LogP contribution in [0.2, 0.25) is 0 Å². The molecule has 0 atom stereocenters. The minimum Gasteiger partial charge on any atom is -0.372 e. The molecule has 0 radical (unpaired) electrons. The number of hydrogen-bond donors (Lipinski definition) is 0. The molecule has 0 aromatic heterocycles. The van der Waals surface area contributed by atoms with Gasteiger partial charge in [0.2, 0.25) is 0 Å². The molecule has 2 rings (SSSR count). The van der Waals surface area contributed by atoms with Crippen LogP contribution in [0.25, 0.3) is 5.70 Å². The Morgan fingerprint density at radius 1 is 0.885 bits per heavy atom. The Morgan fingerprint density at radius 3 is 2.19 bits per heavy atom. The third-order valence-corrected chi connectivity index (χ3v) is 5.14. The maximum atomic E-state index is 4.49. The second-order valence-electron chi connectivity index (χ2n) is 7.39. The highest BCUT2D eigenvalue weighted by Gasteiger charge is 2.14. The molecule has 0 aliphatic carbocycles. The Kier molecular flexibility index (Phi) is 7.50. The van der Waals surface area contributed by atoms with E-state index in [0.29, 0.717) is 0 Å². The van der Waals surface area contributed by atoms with Gasteiger partial charge in [-0.1, -0.05) is 69.3 Å². The molecule has 0 bridgehead atoms. The van der Waals surface area contributed by atoms with Crippen LogP contribution in [0.1, 0.15) is 67.0 Å². The maximum Gasteiger partial charge on any atom is 0.0369 e. The fourth-order valence-corrected chi connectivity index (χ4v) is 3.58. The zero-order chi connectivity index (χ0) is 19.1. The molecule has 140 valence electrons. The van der Waals surface area contributed by atoms with Gasteiger partial charge in [0, 0.05) is 24.4 Å². The number of rotatable bonds is 9. The zero-order valence-corrected chi connectivity index (χ0v) is 17.4. The van der Waals surface area contributed by atoms with Gasteiger partial charge in [0.1, 0.15) is 0 Å². The third-order valence-electron chi connectivity index (χ3n) is 5.14. The molecule has 0 heterocycles. The molecule has 26 heavy (non-hydrogen) atoms. The van der Waals surface area contributed by atoms with Crippen LogP contribution < -0.4 is 0 Å². The molecule has 1 heteroatoms. The average Bonchev–Trinajstić information content (AvgIpc) is 2.64. The highest BCUT2D eigenvalue weighted by Crippen LogP contribution is 2.27. The lowest BCUT2D eigenvalue weighted by Crippen LogP contribution is -2.24. The predicted octanol–water partition coefficient (Wildman–Crippen LogP) is 6.55. The molecule has 0 aliphatic heterocycles. The summed E-state index contributed by atoms with van der Waals surface area (Å²) in [5.74, 6) is 0. The van der Waals surface area contributed by atoms with Crippen LogP contribution in [0.4, 0.5) is 0 Å². The molecule has 0 aliphatic rings. The summed E-state index contributed by atoms with van der Waals surface area (Å²) in [5.41, 5.74) is 9.41. The molecule has 0 saturated carbocycles. The smallest absolute Gasteiger partial charge is 0.0369 e. The summed E-state index contributed by atoms with van der Waals surface area (Å²) in [6.07, 6.45) is 4.35. The monoisotopic (exact) mass is 349 g/mol. The molecular formula is C25H35N. The van der Waals surface area contributed by atoms with Gasteiger partial charge >= 0.3 is 0 Å². The molecule has 0 fully saturated rings. The van der Waals surface area contributed by atoms with Crippen LogP contribution in [0, 0.1) is 13.8 Å². The topological polar surface area (TPSA) is 3.24 Å². The van der Waals surface area contributed by atoms with E-state index >= 15 is 0 Å². The fraction of sp³-hybridized carbons (Fsp3) is 0.440. The first kappa shape index (κ1) is 20.3. The highest BCUT2D eigenvalue weighted by molar-refractivity contribution is 5.66. The van der Waals surface area contributed by atoms with Crippen LogP contribution in [-0.4, -0.2) is 18.0 Å². The van der Waals surface area contributed by atoms with Crippen LogP contribution >= 0.6 is 0 Å². The summed E-state index contributed by atoms with van der Waals surface area (Å²) in [6, 6.07) is 13.7. The molecule has 0 N–H and O–H groups in total. The summed E-state index contributed by atoms with van der Waals surface area (Å²) in [7, 11) is 0. The van der Waals surface area contributed by atoms with Crippen LogP contribution in [0.15, 0.2) is 43.0 Å². The van der Waals surface area contributed by atoms with E-state index in [2.05, 4.69) is 82.5 Å².